The molecule has 0 bridgehead atoms. The average Bonchev–Trinajstić information content (AvgIpc) is 0.871. The van der Waals surface area contributed by atoms with Crippen LogP contribution in [0.25, 0.3) is 0 Å². The van der Waals surface area contributed by atoms with Gasteiger partial charge in [0.25, 0.3) is 0 Å². The van der Waals surface area contributed by atoms with Crippen LogP contribution >= 0.6 is 0 Å². The molecule has 0 radical (unpaired) electrons. The van der Waals surface area contributed by atoms with E-state index in [1.54, 1.807) is 25.7 Å². The summed E-state index contributed by atoms with van der Waals surface area (Å²) in [5.41, 5.74) is 0. The zero-order valence-electron chi connectivity index (χ0n) is 109. The number of rotatable bonds is 0. The first kappa shape index (κ1) is 188. The molecule has 8 aliphatic carbocycles. The van der Waals surface area contributed by atoms with Crippen LogP contribution in [0, 0.1) is 11.8 Å². The molecule has 0 N–H and O–H groups in total. The maximum atomic E-state index is 2.18. The highest BCUT2D eigenvalue weighted by Gasteiger charge is 2.27. The summed E-state index contributed by atoms with van der Waals surface area (Å²) >= 11 is 0. The zero-order valence-corrected chi connectivity index (χ0v) is 109. The van der Waals surface area contributed by atoms with Gasteiger partial charge in [0.1, 0.15) is 0 Å². The second-order valence-corrected chi connectivity index (χ2v) is 37.9. The molecule has 0 amide bonds. The van der Waals surface area contributed by atoms with E-state index in [1.807, 2.05) is 218 Å². The van der Waals surface area contributed by atoms with Crippen LogP contribution in [-0.2, 0) is 0 Å². The number of hydrogen-bond acceptors (Lipinski definition) is 0. The lowest BCUT2D eigenvalue weighted by Crippen LogP contribution is -2.22. The Morgan fingerprint density at radius 3 is 0.193 bits per heavy atom. The lowest BCUT2D eigenvalue weighted by atomic mass is 9.71. The molecule has 6 aromatic carbocycles. The predicted octanol–water partition coefficient (Wildman–Crippen LogP) is 56.8. The molecule has 0 atom stereocenters. The van der Waals surface area contributed by atoms with E-state index in [2.05, 4.69) is 315 Å². The molecule has 0 unspecified atom stereocenters. The summed E-state index contributed by atoms with van der Waals surface area (Å²) in [5.74, 6) is 2.31. The third-order valence-corrected chi connectivity index (χ3v) is 15.8. The van der Waals surface area contributed by atoms with Crippen LogP contribution < -0.4 is 0 Å². The fourth-order valence-corrected chi connectivity index (χ4v) is 11.0. The van der Waals surface area contributed by atoms with Gasteiger partial charge in [-0.2, -0.15) is 0 Å². The largest absolute Gasteiger partial charge is 0.0842 e. The molecular formula is C145H290. The topological polar surface area (TPSA) is 0 Å². The molecular weight excluding hydrogens is 1740 g/mol. The van der Waals surface area contributed by atoms with Crippen LogP contribution in [0.2, 0.25) is 0 Å². The second-order valence-electron chi connectivity index (χ2n) is 37.9. The summed E-state index contributed by atoms with van der Waals surface area (Å²) in [6.45, 7) is 89.2. The molecule has 7 saturated carbocycles. The van der Waals surface area contributed by atoms with E-state index in [0.29, 0.717) is 0 Å². The van der Waals surface area contributed by atoms with Crippen molar-refractivity contribution in [2.75, 3.05) is 0 Å². The van der Waals surface area contributed by atoms with E-state index in [0.717, 1.165) is 11.8 Å². The van der Waals surface area contributed by atoms with E-state index in [4.69, 9.17) is 0 Å². The first-order valence-corrected chi connectivity index (χ1v) is 64.0. The molecule has 8 aliphatic rings. The van der Waals surface area contributed by atoms with E-state index >= 15 is 0 Å². The number of hydrogen-bond donors (Lipinski definition) is 0. The van der Waals surface area contributed by atoms with Crippen LogP contribution in [0.4, 0.5) is 0 Å². The van der Waals surface area contributed by atoms with Gasteiger partial charge in [0.2, 0.25) is 0 Å². The highest BCUT2D eigenvalue weighted by molar-refractivity contribution is 5.07. The fourth-order valence-electron chi connectivity index (χ4n) is 11.0. The van der Waals surface area contributed by atoms with Crippen molar-refractivity contribution in [3.8, 4) is 0 Å². The predicted molar refractivity (Wildman–Crippen MR) is 704 cm³/mol. The summed E-state index contributed by atoms with van der Waals surface area (Å²) in [6.07, 6.45) is 94.6. The molecule has 7 fully saturated rings. The minimum absolute atomic E-state index is 1.16. The second kappa shape index (κ2) is 254. The summed E-state index contributed by atoms with van der Waals surface area (Å²) in [5, 5.41) is 0. The molecule has 870 valence electrons. The van der Waals surface area contributed by atoms with E-state index in [-0.39, 0.29) is 0 Å². The molecule has 0 aliphatic heterocycles. The normalized spacial score (nSPS) is 13.1. The first-order chi connectivity index (χ1) is 70.7. The molecule has 145 heavy (non-hydrogen) atoms. The Bertz CT molecular complexity index is 1700. The lowest BCUT2D eigenvalue weighted by Gasteiger charge is -2.35. The van der Waals surface area contributed by atoms with E-state index in [9.17, 15) is 0 Å². The minimum atomic E-state index is 1.16. The Morgan fingerprint density at radius 1 is 0.0966 bits per heavy atom. The van der Waals surface area contributed by atoms with Crippen molar-refractivity contribution >= 4 is 0 Å². The third kappa shape index (κ3) is 361. The number of fused-ring (bicyclic) bond motifs is 1. The average molecular weight is 2030 g/mol. The SMILES string of the molecule is C1=CCCC=C1.C1CCC2CCCCC2C1.C1CCCCC1.C1CCCCC1.C1CCCCC1.C1CCCCC1.C1CCCCC1.CCC.CCC.CCC.CCC.CCC.CCC.CCC.CCC.CCC.CCC.CCC.CCC.CCC.CCC.CCC.CCC.CCC.CCC.CCC.CCC.CCC.c1ccccc1.c1ccccc1.c1ccccc1.c1ccccc1.c1ccccc1.c1ccccc1. The van der Waals surface area contributed by atoms with Crippen molar-refractivity contribution < 1.29 is 0 Å². The standard InChI is InChI=1S/C10H18.5C6H12.C6H8.6C6H6.21C3H8/c1-2-6-10-8-4-3-7-9(10)5-1;12*1-2-4-6-5-3-1;21*1-3-2/h9-10H,1-8H2;5*1-6H2;1-4H,5-6H2;6*1-6H;21*3H2,1-2H3. The van der Waals surface area contributed by atoms with Gasteiger partial charge in [0.15, 0.2) is 0 Å². The third-order valence-electron chi connectivity index (χ3n) is 15.8. The Kier molecular flexibility index (Phi) is 329. The van der Waals surface area contributed by atoms with E-state index < -0.39 is 0 Å². The highest BCUT2D eigenvalue weighted by atomic mass is 14.3. The quantitative estimate of drug-likeness (QED) is 0.142. The van der Waals surface area contributed by atoms with E-state index in [1.165, 1.54) is 366 Å². The van der Waals surface area contributed by atoms with Crippen LogP contribution in [0.3, 0.4) is 0 Å². The zero-order chi connectivity index (χ0) is 115. The maximum Gasteiger partial charge on any atom is -0.0313 e. The van der Waals surface area contributed by atoms with Crippen molar-refractivity contribution in [1.82, 2.24) is 0 Å². The Labute approximate surface area is 930 Å². The molecule has 14 rings (SSSR count). The van der Waals surface area contributed by atoms with Crippen molar-refractivity contribution in [3.63, 3.8) is 0 Å². The maximum absolute atomic E-state index is 2.18. The Morgan fingerprint density at radius 2 is 0.152 bits per heavy atom. The van der Waals surface area contributed by atoms with Crippen molar-refractivity contribution in [2.45, 2.75) is 682 Å². The van der Waals surface area contributed by atoms with Crippen LogP contribution in [0.15, 0.2) is 243 Å². The van der Waals surface area contributed by atoms with Gasteiger partial charge in [-0.3, -0.25) is 0 Å². The summed E-state index contributed by atoms with van der Waals surface area (Å²) < 4.78 is 0. The van der Waals surface area contributed by atoms with Gasteiger partial charge < -0.3 is 0 Å². The number of allylic oxidation sites excluding steroid dienone is 4. The molecule has 0 aromatic heterocycles. The molecule has 0 heteroatoms. The fraction of sp³-hybridized carbons (Fsp3) is 0.724. The summed E-state index contributed by atoms with van der Waals surface area (Å²) in [6, 6.07) is 72.0. The summed E-state index contributed by atoms with van der Waals surface area (Å²) in [4.78, 5) is 0. The molecule has 0 heterocycles. The molecule has 0 saturated heterocycles. The monoisotopic (exact) mass is 2030 g/mol. The van der Waals surface area contributed by atoms with Gasteiger partial charge in [-0.05, 0) is 24.7 Å². The molecule has 6 aromatic rings. The Hall–Kier alpha value is -5.20. The van der Waals surface area contributed by atoms with Gasteiger partial charge in [-0.15, -0.1) is 0 Å². The first-order valence-electron chi connectivity index (χ1n) is 64.0. The molecule has 0 nitrogen and oxygen atoms in total. The van der Waals surface area contributed by atoms with Gasteiger partial charge in [0.05, 0.1) is 0 Å². The van der Waals surface area contributed by atoms with Crippen LogP contribution in [0.5, 0.6) is 0 Å². The highest BCUT2D eigenvalue weighted by Crippen LogP contribution is 2.40. The smallest absolute Gasteiger partial charge is 0.0313 e. The van der Waals surface area contributed by atoms with Crippen molar-refractivity contribution in [1.29, 1.82) is 0 Å². The van der Waals surface area contributed by atoms with Gasteiger partial charge in [-0.1, -0.05) is 912 Å². The molecule has 0 spiro atoms. The van der Waals surface area contributed by atoms with Crippen LogP contribution in [-0.4, -0.2) is 0 Å². The van der Waals surface area contributed by atoms with Gasteiger partial charge in [0, 0.05) is 0 Å². The minimum Gasteiger partial charge on any atom is -0.0842 e. The van der Waals surface area contributed by atoms with Gasteiger partial charge in [-0.25, -0.2) is 0 Å². The lowest BCUT2D eigenvalue weighted by molar-refractivity contribution is 0.171. The summed E-state index contributed by atoms with van der Waals surface area (Å²) in [7, 11) is 0. The van der Waals surface area contributed by atoms with Crippen molar-refractivity contribution in [3.05, 3.63) is 243 Å². The number of benzene rings is 6. The van der Waals surface area contributed by atoms with Gasteiger partial charge >= 0.3 is 0 Å². The van der Waals surface area contributed by atoms with Crippen LogP contribution in [0.1, 0.15) is 682 Å². The Balaban J connectivity index is -0.0000000622. The van der Waals surface area contributed by atoms with Crippen molar-refractivity contribution in [2.24, 2.45) is 11.8 Å².